The molecule has 0 fully saturated rings. The van der Waals surface area contributed by atoms with Crippen molar-refractivity contribution in [1.82, 2.24) is 15.0 Å². The van der Waals surface area contributed by atoms with Crippen LogP contribution in [0.25, 0.3) is 20.4 Å². The molecule has 0 unspecified atom stereocenters. The maximum atomic E-state index is 6.02. The van der Waals surface area contributed by atoms with Crippen LogP contribution >= 0.6 is 22.7 Å². The van der Waals surface area contributed by atoms with Crippen LogP contribution in [-0.4, -0.2) is 15.0 Å². The molecule has 0 saturated heterocycles. The van der Waals surface area contributed by atoms with Gasteiger partial charge in [0.1, 0.15) is 22.8 Å². The Hall–Kier alpha value is -2.05. The van der Waals surface area contributed by atoms with Gasteiger partial charge in [-0.3, -0.25) is 0 Å². The standard InChI is InChI=1S/C17H13N3OS2/c1-2-6-13-11(5-1)20-14(22-13)8-21-16-15-10-4-3-7-12(10)23-17(15)19-9-18-16/h1-2,5-6,9H,3-4,7-8H2. The van der Waals surface area contributed by atoms with E-state index in [0.29, 0.717) is 12.5 Å². The highest BCUT2D eigenvalue weighted by Gasteiger charge is 2.22. The summed E-state index contributed by atoms with van der Waals surface area (Å²) < 4.78 is 7.21. The van der Waals surface area contributed by atoms with Gasteiger partial charge in [-0.1, -0.05) is 12.1 Å². The van der Waals surface area contributed by atoms with Crippen molar-refractivity contribution in [2.45, 2.75) is 25.9 Å². The zero-order chi connectivity index (χ0) is 15.2. The van der Waals surface area contributed by atoms with Gasteiger partial charge in [0, 0.05) is 4.88 Å². The first-order chi connectivity index (χ1) is 11.4. The van der Waals surface area contributed by atoms with Gasteiger partial charge in [0.05, 0.1) is 15.6 Å². The summed E-state index contributed by atoms with van der Waals surface area (Å²) in [5, 5.41) is 2.09. The Bertz CT molecular complexity index is 988. The Balaban J connectivity index is 1.49. The lowest BCUT2D eigenvalue weighted by Crippen LogP contribution is -1.98. The van der Waals surface area contributed by atoms with Gasteiger partial charge in [0.2, 0.25) is 5.88 Å². The number of hydrogen-bond donors (Lipinski definition) is 0. The minimum absolute atomic E-state index is 0.454. The van der Waals surface area contributed by atoms with Crippen LogP contribution in [0.1, 0.15) is 21.9 Å². The second-order valence-electron chi connectivity index (χ2n) is 5.58. The number of benzene rings is 1. The average Bonchev–Trinajstić information content (AvgIpc) is 3.25. The Kier molecular flexibility index (Phi) is 3.06. The molecule has 0 radical (unpaired) electrons. The molecule has 3 aromatic heterocycles. The Morgan fingerprint density at radius 2 is 2.04 bits per heavy atom. The largest absolute Gasteiger partial charge is 0.470 e. The zero-order valence-electron chi connectivity index (χ0n) is 12.3. The Labute approximate surface area is 140 Å². The minimum Gasteiger partial charge on any atom is -0.470 e. The van der Waals surface area contributed by atoms with E-state index >= 15 is 0 Å². The fraction of sp³-hybridized carbons (Fsp3) is 0.235. The average molecular weight is 339 g/mol. The molecule has 0 spiro atoms. The lowest BCUT2D eigenvalue weighted by atomic mass is 10.2. The van der Waals surface area contributed by atoms with Crippen LogP contribution < -0.4 is 4.74 Å². The molecule has 0 amide bonds. The number of aryl methyl sites for hydroxylation is 2. The van der Waals surface area contributed by atoms with Crippen LogP contribution in [-0.2, 0) is 19.4 Å². The quantitative estimate of drug-likeness (QED) is 0.556. The fourth-order valence-electron chi connectivity index (χ4n) is 3.12. The molecular weight excluding hydrogens is 326 g/mol. The van der Waals surface area contributed by atoms with Gasteiger partial charge in [-0.2, -0.15) is 0 Å². The van der Waals surface area contributed by atoms with E-state index in [2.05, 4.69) is 21.0 Å². The third kappa shape index (κ3) is 2.21. The predicted molar refractivity (Wildman–Crippen MR) is 93.4 cm³/mol. The molecule has 0 bridgehead atoms. The van der Waals surface area contributed by atoms with Crippen molar-refractivity contribution >= 4 is 43.1 Å². The second-order valence-corrected chi connectivity index (χ2v) is 7.78. The number of thiazole rings is 1. The molecule has 1 aliphatic carbocycles. The number of hydrogen-bond acceptors (Lipinski definition) is 6. The molecule has 0 aliphatic heterocycles. The molecule has 4 aromatic rings. The molecule has 0 saturated carbocycles. The molecule has 0 atom stereocenters. The van der Waals surface area contributed by atoms with E-state index in [0.717, 1.165) is 33.6 Å². The van der Waals surface area contributed by atoms with Crippen molar-refractivity contribution in [3.05, 3.63) is 46.0 Å². The number of para-hydroxylation sites is 1. The molecule has 5 rings (SSSR count). The van der Waals surface area contributed by atoms with E-state index in [4.69, 9.17) is 4.74 Å². The lowest BCUT2D eigenvalue weighted by molar-refractivity contribution is 0.297. The number of ether oxygens (including phenoxy) is 1. The highest BCUT2D eigenvalue weighted by Crippen LogP contribution is 2.40. The smallest absolute Gasteiger partial charge is 0.226 e. The summed E-state index contributed by atoms with van der Waals surface area (Å²) in [6, 6.07) is 8.16. The van der Waals surface area contributed by atoms with Gasteiger partial charge in [-0.15, -0.1) is 22.7 Å². The molecule has 1 aromatic carbocycles. The topological polar surface area (TPSA) is 47.9 Å². The summed E-state index contributed by atoms with van der Waals surface area (Å²) in [5.74, 6) is 0.702. The van der Waals surface area contributed by atoms with E-state index in [-0.39, 0.29) is 0 Å². The summed E-state index contributed by atoms with van der Waals surface area (Å²) in [7, 11) is 0. The lowest BCUT2D eigenvalue weighted by Gasteiger charge is -2.05. The summed E-state index contributed by atoms with van der Waals surface area (Å²) in [4.78, 5) is 15.9. The first-order valence-corrected chi connectivity index (χ1v) is 9.24. The normalized spacial score (nSPS) is 13.7. The van der Waals surface area contributed by atoms with Crippen molar-refractivity contribution in [2.24, 2.45) is 0 Å². The van der Waals surface area contributed by atoms with E-state index in [1.165, 1.54) is 21.6 Å². The van der Waals surface area contributed by atoms with E-state index in [1.54, 1.807) is 29.0 Å². The predicted octanol–water partition coefficient (Wildman–Crippen LogP) is 4.37. The number of fused-ring (bicyclic) bond motifs is 4. The second kappa shape index (κ2) is 5.25. The summed E-state index contributed by atoms with van der Waals surface area (Å²) in [6.07, 6.45) is 5.10. The third-order valence-electron chi connectivity index (χ3n) is 4.14. The number of rotatable bonds is 3. The van der Waals surface area contributed by atoms with Gasteiger partial charge in [-0.05, 0) is 37.0 Å². The maximum absolute atomic E-state index is 6.02. The maximum Gasteiger partial charge on any atom is 0.226 e. The van der Waals surface area contributed by atoms with Crippen molar-refractivity contribution in [3.8, 4) is 5.88 Å². The summed E-state index contributed by atoms with van der Waals surface area (Å²) >= 11 is 3.45. The Morgan fingerprint density at radius 1 is 1.09 bits per heavy atom. The van der Waals surface area contributed by atoms with Crippen molar-refractivity contribution in [1.29, 1.82) is 0 Å². The molecule has 3 heterocycles. The van der Waals surface area contributed by atoms with E-state index in [9.17, 15) is 0 Å². The Morgan fingerprint density at radius 3 is 3.00 bits per heavy atom. The van der Waals surface area contributed by atoms with Crippen molar-refractivity contribution in [2.75, 3.05) is 0 Å². The van der Waals surface area contributed by atoms with Crippen LogP contribution in [0.2, 0.25) is 0 Å². The van der Waals surface area contributed by atoms with Gasteiger partial charge >= 0.3 is 0 Å². The van der Waals surface area contributed by atoms with Crippen LogP contribution in [0.5, 0.6) is 5.88 Å². The molecule has 23 heavy (non-hydrogen) atoms. The zero-order valence-corrected chi connectivity index (χ0v) is 13.9. The van der Waals surface area contributed by atoms with E-state index in [1.807, 2.05) is 18.2 Å². The SMILES string of the molecule is c1ccc2sc(COc3ncnc4sc5c(c34)CCC5)nc2c1. The summed E-state index contributed by atoms with van der Waals surface area (Å²) in [6.45, 7) is 0.454. The highest BCUT2D eigenvalue weighted by molar-refractivity contribution is 7.19. The molecule has 114 valence electrons. The first-order valence-electron chi connectivity index (χ1n) is 7.61. The number of aromatic nitrogens is 3. The minimum atomic E-state index is 0.454. The first kappa shape index (κ1) is 13.4. The molecule has 4 nitrogen and oxygen atoms in total. The van der Waals surface area contributed by atoms with Crippen LogP contribution in [0, 0.1) is 0 Å². The monoisotopic (exact) mass is 339 g/mol. The van der Waals surface area contributed by atoms with Crippen molar-refractivity contribution < 1.29 is 4.74 Å². The van der Waals surface area contributed by atoms with Crippen LogP contribution in [0.3, 0.4) is 0 Å². The highest BCUT2D eigenvalue weighted by atomic mass is 32.1. The molecule has 1 aliphatic rings. The third-order valence-corrected chi connectivity index (χ3v) is 6.35. The molecular formula is C17H13N3OS2. The fourth-order valence-corrected chi connectivity index (χ4v) is 5.22. The number of nitrogens with zero attached hydrogens (tertiary/aromatic N) is 3. The molecule has 6 heteroatoms. The van der Waals surface area contributed by atoms with Gasteiger partial charge in [0.25, 0.3) is 0 Å². The molecule has 0 N–H and O–H groups in total. The van der Waals surface area contributed by atoms with Gasteiger partial charge in [-0.25, -0.2) is 15.0 Å². The number of thiophene rings is 1. The van der Waals surface area contributed by atoms with Gasteiger partial charge < -0.3 is 4.74 Å². The summed E-state index contributed by atoms with van der Waals surface area (Å²) in [5.41, 5.74) is 2.42. The van der Waals surface area contributed by atoms with E-state index < -0.39 is 0 Å². The van der Waals surface area contributed by atoms with Crippen molar-refractivity contribution in [3.63, 3.8) is 0 Å². The van der Waals surface area contributed by atoms with Crippen LogP contribution in [0.15, 0.2) is 30.6 Å². The van der Waals surface area contributed by atoms with Gasteiger partial charge in [0.15, 0.2) is 0 Å². The van der Waals surface area contributed by atoms with Crippen LogP contribution in [0.4, 0.5) is 0 Å².